The van der Waals surface area contributed by atoms with Gasteiger partial charge in [-0.3, -0.25) is 0 Å². The van der Waals surface area contributed by atoms with Gasteiger partial charge in [-0.05, 0) is 19.4 Å². The van der Waals surface area contributed by atoms with E-state index >= 15 is 0 Å². The third-order valence-corrected chi connectivity index (χ3v) is 2.72. The van der Waals surface area contributed by atoms with Gasteiger partial charge in [0.15, 0.2) is 0 Å². The number of allylic oxidation sites excluding steroid dienone is 2. The maximum atomic E-state index is 10.3. The maximum absolute atomic E-state index is 10.3. The van der Waals surface area contributed by atoms with E-state index in [-0.39, 0.29) is 6.61 Å². The Morgan fingerprint density at radius 1 is 1.06 bits per heavy atom. The van der Waals surface area contributed by atoms with Gasteiger partial charge in [0.1, 0.15) is 13.2 Å². The van der Waals surface area contributed by atoms with Crippen LogP contribution in [0.4, 0.5) is 0 Å². The number of ether oxygens (including phenoxy) is 1. The molecule has 2 heteroatoms. The van der Waals surface area contributed by atoms with Gasteiger partial charge in [0.05, 0.1) is 5.76 Å². The van der Waals surface area contributed by atoms with Crippen molar-refractivity contribution >= 4 is 0 Å². The smallest absolute Gasteiger partial charge is 0.116 e. The van der Waals surface area contributed by atoms with Gasteiger partial charge in [-0.2, -0.15) is 0 Å². The Bertz CT molecular complexity index is 164. The van der Waals surface area contributed by atoms with Crippen molar-refractivity contribution in [3.8, 4) is 0 Å². The van der Waals surface area contributed by atoms with E-state index in [4.69, 9.17) is 4.74 Å². The normalized spacial score (nSPS) is 11.8. The molecule has 0 aliphatic heterocycles. The summed E-state index contributed by atoms with van der Waals surface area (Å²) in [6, 6.07) is 0. The Morgan fingerprint density at radius 3 is 2.25 bits per heavy atom. The monoisotopic (exact) mass is 227 g/mol. The van der Waals surface area contributed by atoms with Crippen LogP contribution in [0.3, 0.4) is 0 Å². The predicted molar refractivity (Wildman–Crippen MR) is 67.9 cm³/mol. The molecule has 0 N–H and O–H groups in total. The third-order valence-electron chi connectivity index (χ3n) is 2.72. The maximum Gasteiger partial charge on any atom is 0.116 e. The first-order valence-electron chi connectivity index (χ1n) is 6.71. The molecule has 0 fully saturated rings. The largest absolute Gasteiger partial charge is 0.496 e. The SMILES string of the molecule is CC=C(CCCCCCCCC)OCC[O]. The van der Waals surface area contributed by atoms with Crippen molar-refractivity contribution in [3.05, 3.63) is 11.8 Å². The molecular formula is C14H27O2. The van der Waals surface area contributed by atoms with Crippen LogP contribution >= 0.6 is 0 Å². The first kappa shape index (κ1) is 15.5. The molecule has 0 unspecified atom stereocenters. The highest BCUT2D eigenvalue weighted by Crippen LogP contribution is 2.13. The quantitative estimate of drug-likeness (QED) is 0.378. The molecule has 0 aromatic rings. The second-order valence-electron chi connectivity index (χ2n) is 4.18. The first-order chi connectivity index (χ1) is 7.85. The minimum atomic E-state index is -0.144. The molecule has 0 saturated heterocycles. The lowest BCUT2D eigenvalue weighted by Gasteiger charge is -2.08. The van der Waals surface area contributed by atoms with Crippen molar-refractivity contribution in [3.63, 3.8) is 0 Å². The molecule has 0 heterocycles. The minimum absolute atomic E-state index is 0.144. The van der Waals surface area contributed by atoms with Crippen LogP contribution in [0.25, 0.3) is 0 Å². The molecule has 0 aliphatic rings. The van der Waals surface area contributed by atoms with Crippen molar-refractivity contribution in [2.75, 3.05) is 13.2 Å². The zero-order valence-corrected chi connectivity index (χ0v) is 11.0. The van der Waals surface area contributed by atoms with Gasteiger partial charge in [0.25, 0.3) is 0 Å². The zero-order valence-electron chi connectivity index (χ0n) is 11.0. The number of hydrogen-bond donors (Lipinski definition) is 0. The van der Waals surface area contributed by atoms with Crippen LogP contribution in [0.2, 0.25) is 0 Å². The molecule has 0 saturated carbocycles. The summed E-state index contributed by atoms with van der Waals surface area (Å²) < 4.78 is 5.33. The van der Waals surface area contributed by atoms with E-state index in [0.717, 1.165) is 12.2 Å². The van der Waals surface area contributed by atoms with Crippen LogP contribution in [0.15, 0.2) is 11.8 Å². The molecule has 16 heavy (non-hydrogen) atoms. The standard InChI is InChI=1S/C14H27O2/c1-3-5-6-7-8-9-10-11-14(4-2)16-13-12-15/h4H,3,5-13H2,1-2H3. The Kier molecular flexibility index (Phi) is 12.2. The van der Waals surface area contributed by atoms with Gasteiger partial charge in [0, 0.05) is 6.42 Å². The van der Waals surface area contributed by atoms with Crippen molar-refractivity contribution in [1.82, 2.24) is 0 Å². The fourth-order valence-corrected chi connectivity index (χ4v) is 1.73. The average Bonchev–Trinajstić information content (AvgIpc) is 2.32. The molecule has 0 aliphatic carbocycles. The van der Waals surface area contributed by atoms with E-state index in [1.807, 2.05) is 13.0 Å². The molecule has 0 aromatic heterocycles. The van der Waals surface area contributed by atoms with E-state index in [2.05, 4.69) is 6.92 Å². The molecule has 0 atom stereocenters. The highest BCUT2D eigenvalue weighted by molar-refractivity contribution is 4.89. The van der Waals surface area contributed by atoms with Crippen LogP contribution in [-0.2, 0) is 9.84 Å². The van der Waals surface area contributed by atoms with Gasteiger partial charge in [-0.1, -0.05) is 45.4 Å². The van der Waals surface area contributed by atoms with Gasteiger partial charge in [-0.15, -0.1) is 0 Å². The molecule has 0 spiro atoms. The Balaban J connectivity index is 3.28. The Morgan fingerprint density at radius 2 is 1.69 bits per heavy atom. The summed E-state index contributed by atoms with van der Waals surface area (Å²) in [6.45, 7) is 4.39. The molecule has 1 radical (unpaired) electrons. The van der Waals surface area contributed by atoms with E-state index < -0.39 is 0 Å². The van der Waals surface area contributed by atoms with Crippen LogP contribution in [0.1, 0.15) is 65.2 Å². The molecule has 0 bridgehead atoms. The van der Waals surface area contributed by atoms with Gasteiger partial charge in [0.2, 0.25) is 0 Å². The summed E-state index contributed by atoms with van der Waals surface area (Å²) in [4.78, 5) is 0. The fraction of sp³-hybridized carbons (Fsp3) is 0.857. The molecule has 95 valence electrons. The highest BCUT2D eigenvalue weighted by Gasteiger charge is 1.97. The predicted octanol–water partition coefficient (Wildman–Crippen LogP) is 4.48. The van der Waals surface area contributed by atoms with E-state index in [0.29, 0.717) is 6.61 Å². The number of unbranched alkanes of at least 4 members (excludes halogenated alkanes) is 6. The van der Waals surface area contributed by atoms with Crippen molar-refractivity contribution in [2.24, 2.45) is 0 Å². The van der Waals surface area contributed by atoms with Crippen molar-refractivity contribution in [1.29, 1.82) is 0 Å². The summed E-state index contributed by atoms with van der Waals surface area (Å²) in [5.41, 5.74) is 0. The number of rotatable bonds is 11. The summed E-state index contributed by atoms with van der Waals surface area (Å²) in [6.07, 6.45) is 12.2. The average molecular weight is 227 g/mol. The Hall–Kier alpha value is -0.500. The van der Waals surface area contributed by atoms with E-state index in [1.54, 1.807) is 0 Å². The lowest BCUT2D eigenvalue weighted by Crippen LogP contribution is -1.98. The van der Waals surface area contributed by atoms with E-state index in [1.165, 1.54) is 44.9 Å². The summed E-state index contributed by atoms with van der Waals surface area (Å²) in [7, 11) is 0. The van der Waals surface area contributed by atoms with Crippen LogP contribution in [0, 0.1) is 0 Å². The number of hydrogen-bond acceptors (Lipinski definition) is 1. The van der Waals surface area contributed by atoms with Crippen LogP contribution in [0.5, 0.6) is 0 Å². The van der Waals surface area contributed by atoms with Crippen LogP contribution in [-0.4, -0.2) is 13.2 Å². The van der Waals surface area contributed by atoms with Crippen LogP contribution < -0.4 is 0 Å². The molecule has 0 aromatic carbocycles. The topological polar surface area (TPSA) is 29.1 Å². The molecule has 0 rings (SSSR count). The van der Waals surface area contributed by atoms with Gasteiger partial charge >= 0.3 is 0 Å². The lowest BCUT2D eigenvalue weighted by atomic mass is 10.1. The fourth-order valence-electron chi connectivity index (χ4n) is 1.73. The molecule has 0 amide bonds. The van der Waals surface area contributed by atoms with E-state index in [9.17, 15) is 5.11 Å². The van der Waals surface area contributed by atoms with Gasteiger partial charge in [-0.25, -0.2) is 5.11 Å². The lowest BCUT2D eigenvalue weighted by molar-refractivity contribution is 0.0974. The Labute approximate surface area is 101 Å². The minimum Gasteiger partial charge on any atom is -0.496 e. The zero-order chi connectivity index (χ0) is 12.1. The van der Waals surface area contributed by atoms with Gasteiger partial charge < -0.3 is 4.74 Å². The van der Waals surface area contributed by atoms with Crippen molar-refractivity contribution in [2.45, 2.75) is 65.2 Å². The summed E-state index contributed by atoms with van der Waals surface area (Å²) in [5.74, 6) is 0.990. The summed E-state index contributed by atoms with van der Waals surface area (Å²) in [5, 5.41) is 10.3. The second kappa shape index (κ2) is 12.6. The molecule has 2 nitrogen and oxygen atoms in total. The summed E-state index contributed by atoms with van der Waals surface area (Å²) >= 11 is 0. The first-order valence-corrected chi connectivity index (χ1v) is 6.71. The molecular weight excluding hydrogens is 200 g/mol. The highest BCUT2D eigenvalue weighted by atomic mass is 16.5. The third kappa shape index (κ3) is 10.0. The van der Waals surface area contributed by atoms with Crippen molar-refractivity contribution < 1.29 is 9.84 Å². The second-order valence-corrected chi connectivity index (χ2v) is 4.18.